The Balaban J connectivity index is 1.95. The molecule has 25 heavy (non-hydrogen) atoms. The second kappa shape index (κ2) is 8.16. The molecule has 0 fully saturated rings. The van der Waals surface area contributed by atoms with Crippen LogP contribution >= 0.6 is 11.6 Å². The molecule has 0 saturated carbocycles. The van der Waals surface area contributed by atoms with Gasteiger partial charge in [0.2, 0.25) is 0 Å². The summed E-state index contributed by atoms with van der Waals surface area (Å²) in [7, 11) is 1.41. The number of nitrogen functional groups attached to an aromatic ring is 1. The molecule has 0 aliphatic heterocycles. The molecule has 2 amide bonds. The topological polar surface area (TPSA) is 108 Å². The quantitative estimate of drug-likeness (QED) is 0.622. The number of ether oxygens (including phenoxy) is 2. The van der Waals surface area contributed by atoms with Gasteiger partial charge in [-0.25, -0.2) is 4.79 Å². The number of methoxy groups -OCH3 is 1. The van der Waals surface area contributed by atoms with Crippen molar-refractivity contribution in [3.8, 4) is 5.75 Å². The lowest BCUT2D eigenvalue weighted by molar-refractivity contribution is -0.123. The second-order valence-corrected chi connectivity index (χ2v) is 5.26. The Morgan fingerprint density at radius 1 is 1.08 bits per heavy atom. The van der Waals surface area contributed by atoms with Crippen molar-refractivity contribution < 1.29 is 23.9 Å². The Labute approximate surface area is 148 Å². The normalized spacial score (nSPS) is 10.0. The van der Waals surface area contributed by atoms with Crippen LogP contribution in [0.25, 0.3) is 0 Å². The maximum absolute atomic E-state index is 12.1. The van der Waals surface area contributed by atoms with E-state index >= 15 is 0 Å². The molecular weight excluding hydrogens is 348 g/mol. The first kappa shape index (κ1) is 18.3. The minimum atomic E-state index is -0.820. The number of nitrogens with two attached hydrogens (primary N) is 1. The van der Waals surface area contributed by atoms with Gasteiger partial charge in [-0.1, -0.05) is 29.8 Å². The zero-order valence-electron chi connectivity index (χ0n) is 13.2. The third-order valence-corrected chi connectivity index (χ3v) is 3.54. The predicted molar refractivity (Wildman–Crippen MR) is 91.6 cm³/mol. The summed E-state index contributed by atoms with van der Waals surface area (Å²) in [6.45, 7) is -0.647. The minimum Gasteiger partial charge on any atom is -0.496 e. The molecule has 2 rings (SSSR count). The zero-order valence-corrected chi connectivity index (χ0v) is 14.0. The highest BCUT2D eigenvalue weighted by molar-refractivity contribution is 6.33. The van der Waals surface area contributed by atoms with E-state index in [0.29, 0.717) is 5.75 Å². The van der Waals surface area contributed by atoms with Crippen molar-refractivity contribution in [2.45, 2.75) is 0 Å². The van der Waals surface area contributed by atoms with E-state index in [1.165, 1.54) is 31.4 Å². The molecule has 0 unspecified atom stereocenters. The number of rotatable bonds is 5. The van der Waals surface area contributed by atoms with Crippen molar-refractivity contribution in [1.29, 1.82) is 0 Å². The number of amides is 2. The smallest absolute Gasteiger partial charge is 0.340 e. The van der Waals surface area contributed by atoms with Crippen LogP contribution in [0.1, 0.15) is 20.7 Å². The maximum atomic E-state index is 12.1. The van der Waals surface area contributed by atoms with Gasteiger partial charge in [-0.05, 0) is 24.3 Å². The molecule has 130 valence electrons. The molecule has 0 atom stereocenters. The number of hydrogen-bond donors (Lipinski definition) is 2. The molecule has 2 aromatic rings. The Morgan fingerprint density at radius 2 is 1.76 bits per heavy atom. The summed E-state index contributed by atoms with van der Waals surface area (Å²) in [5, 5.41) is 2.31. The van der Waals surface area contributed by atoms with Crippen molar-refractivity contribution in [1.82, 2.24) is 5.32 Å². The third-order valence-electron chi connectivity index (χ3n) is 3.21. The Kier molecular flexibility index (Phi) is 5.97. The molecule has 3 N–H and O–H groups in total. The van der Waals surface area contributed by atoms with E-state index in [0.717, 1.165) is 0 Å². The molecule has 0 aliphatic carbocycles. The number of carbonyl (C=O) groups is 3. The van der Waals surface area contributed by atoms with Gasteiger partial charge in [-0.15, -0.1) is 0 Å². The maximum Gasteiger partial charge on any atom is 0.340 e. The molecule has 0 bridgehead atoms. The zero-order chi connectivity index (χ0) is 18.4. The fourth-order valence-corrected chi connectivity index (χ4v) is 2.16. The van der Waals surface area contributed by atoms with E-state index in [2.05, 4.69) is 5.32 Å². The molecule has 0 spiro atoms. The summed E-state index contributed by atoms with van der Waals surface area (Å²) in [5.41, 5.74) is 5.95. The lowest BCUT2D eigenvalue weighted by Gasteiger charge is -2.09. The van der Waals surface area contributed by atoms with Gasteiger partial charge < -0.3 is 15.2 Å². The summed E-state index contributed by atoms with van der Waals surface area (Å²) < 4.78 is 9.89. The summed E-state index contributed by atoms with van der Waals surface area (Å²) in [5.74, 6) is -1.96. The van der Waals surface area contributed by atoms with Crippen molar-refractivity contribution in [3.63, 3.8) is 0 Å². The van der Waals surface area contributed by atoms with Gasteiger partial charge in [-0.3, -0.25) is 14.9 Å². The number of nitrogens with one attached hydrogen (secondary N) is 1. The van der Waals surface area contributed by atoms with Gasteiger partial charge in [-0.2, -0.15) is 0 Å². The van der Waals surface area contributed by atoms with E-state index in [-0.39, 0.29) is 21.8 Å². The van der Waals surface area contributed by atoms with Gasteiger partial charge in [0.15, 0.2) is 6.61 Å². The number of esters is 1. The lowest BCUT2D eigenvalue weighted by Crippen LogP contribution is -2.34. The molecule has 8 heteroatoms. The number of para-hydroxylation sites is 2. The van der Waals surface area contributed by atoms with E-state index in [4.69, 9.17) is 26.8 Å². The Morgan fingerprint density at radius 3 is 2.48 bits per heavy atom. The standard InChI is InChI=1S/C17H15ClN2O5/c1-24-13-8-3-2-5-10(13)16(22)20-14(21)9-25-17(23)11-6-4-7-12(18)15(11)19/h2-8H,9,19H2,1H3,(H,20,21,22). The van der Waals surface area contributed by atoms with Gasteiger partial charge >= 0.3 is 5.97 Å². The average Bonchev–Trinajstić information content (AvgIpc) is 2.61. The van der Waals surface area contributed by atoms with Crippen LogP contribution in [-0.4, -0.2) is 31.5 Å². The predicted octanol–water partition coefficient (Wildman–Crippen LogP) is 2.04. The highest BCUT2D eigenvalue weighted by Crippen LogP contribution is 2.23. The number of benzene rings is 2. The largest absolute Gasteiger partial charge is 0.496 e. The highest BCUT2D eigenvalue weighted by Gasteiger charge is 2.18. The first-order valence-corrected chi connectivity index (χ1v) is 7.50. The number of halogens is 1. The molecule has 2 aromatic carbocycles. The molecule has 0 aliphatic rings. The van der Waals surface area contributed by atoms with Crippen LogP contribution in [0.15, 0.2) is 42.5 Å². The van der Waals surface area contributed by atoms with Crippen molar-refractivity contribution >= 4 is 35.1 Å². The molecule has 0 aromatic heterocycles. The summed E-state index contributed by atoms with van der Waals surface area (Å²) >= 11 is 5.82. The van der Waals surface area contributed by atoms with Crippen LogP contribution in [0.2, 0.25) is 5.02 Å². The van der Waals surface area contributed by atoms with Crippen LogP contribution in [0, 0.1) is 0 Å². The SMILES string of the molecule is COc1ccccc1C(=O)NC(=O)COC(=O)c1cccc(Cl)c1N. The highest BCUT2D eigenvalue weighted by atomic mass is 35.5. The summed E-state index contributed by atoms with van der Waals surface area (Å²) in [6, 6.07) is 10.9. The number of carbonyl (C=O) groups excluding carboxylic acids is 3. The van der Waals surface area contributed by atoms with Crippen molar-refractivity contribution in [2.75, 3.05) is 19.5 Å². The lowest BCUT2D eigenvalue weighted by atomic mass is 10.2. The summed E-state index contributed by atoms with van der Waals surface area (Å²) in [4.78, 5) is 35.8. The van der Waals surface area contributed by atoms with E-state index < -0.39 is 24.4 Å². The van der Waals surface area contributed by atoms with Crippen LogP contribution in [0.4, 0.5) is 5.69 Å². The van der Waals surface area contributed by atoms with Crippen molar-refractivity contribution in [2.24, 2.45) is 0 Å². The first-order chi connectivity index (χ1) is 11.9. The van der Waals surface area contributed by atoms with E-state index in [1.807, 2.05) is 0 Å². The molecule has 0 saturated heterocycles. The average molecular weight is 363 g/mol. The van der Waals surface area contributed by atoms with Crippen LogP contribution in [0.3, 0.4) is 0 Å². The Bertz CT molecular complexity index is 822. The number of imide groups is 1. The first-order valence-electron chi connectivity index (χ1n) is 7.12. The van der Waals surface area contributed by atoms with E-state index in [1.54, 1.807) is 18.2 Å². The molecule has 0 heterocycles. The van der Waals surface area contributed by atoms with Crippen LogP contribution < -0.4 is 15.8 Å². The van der Waals surface area contributed by atoms with Crippen LogP contribution in [0.5, 0.6) is 5.75 Å². The van der Waals surface area contributed by atoms with Gasteiger partial charge in [0.1, 0.15) is 5.75 Å². The third kappa shape index (κ3) is 4.48. The fourth-order valence-electron chi connectivity index (χ4n) is 1.99. The van der Waals surface area contributed by atoms with Crippen LogP contribution in [-0.2, 0) is 9.53 Å². The molecule has 0 radical (unpaired) electrons. The monoisotopic (exact) mass is 362 g/mol. The van der Waals surface area contributed by atoms with Crippen molar-refractivity contribution in [3.05, 3.63) is 58.6 Å². The number of hydrogen-bond acceptors (Lipinski definition) is 6. The minimum absolute atomic E-state index is 0.0383. The second-order valence-electron chi connectivity index (χ2n) is 4.85. The Hall–Kier alpha value is -3.06. The summed E-state index contributed by atoms with van der Waals surface area (Å²) in [6.07, 6.45) is 0. The van der Waals surface area contributed by atoms with Gasteiger partial charge in [0, 0.05) is 0 Å². The number of anilines is 1. The van der Waals surface area contributed by atoms with Gasteiger partial charge in [0.05, 0.1) is 28.9 Å². The molecular formula is C17H15ClN2O5. The molecule has 7 nitrogen and oxygen atoms in total. The van der Waals surface area contributed by atoms with E-state index in [9.17, 15) is 14.4 Å². The fraction of sp³-hybridized carbons (Fsp3) is 0.118. The van der Waals surface area contributed by atoms with Gasteiger partial charge in [0.25, 0.3) is 11.8 Å².